The molecule has 0 aliphatic rings. The van der Waals surface area contributed by atoms with Gasteiger partial charge in [0, 0.05) is 5.57 Å². The highest BCUT2D eigenvalue weighted by Gasteiger charge is 2.02. The molecule has 2 rings (SSSR count). The van der Waals surface area contributed by atoms with Crippen molar-refractivity contribution in [3.63, 3.8) is 0 Å². The second-order valence-electron chi connectivity index (χ2n) is 10.4. The zero-order valence-corrected chi connectivity index (χ0v) is 24.9. The van der Waals surface area contributed by atoms with E-state index in [1.165, 1.54) is 57.8 Å². The summed E-state index contributed by atoms with van der Waals surface area (Å²) in [5.74, 6) is 1.38. The Bertz CT molecular complexity index is 970. The van der Waals surface area contributed by atoms with Gasteiger partial charge in [0.05, 0.1) is 31.2 Å². The van der Waals surface area contributed by atoms with E-state index in [0.29, 0.717) is 18.8 Å². The van der Waals surface area contributed by atoms with Crippen LogP contribution in [0.2, 0.25) is 0 Å². The number of benzene rings is 2. The van der Waals surface area contributed by atoms with Crippen molar-refractivity contribution in [2.24, 2.45) is 10.2 Å². The van der Waals surface area contributed by atoms with E-state index in [2.05, 4.69) is 23.7 Å². The number of carbonyl (C=O) groups is 1. The minimum atomic E-state index is -0.316. The first kappa shape index (κ1) is 33.1. The molecule has 0 unspecified atom stereocenters. The molecule has 0 N–H and O–H groups in total. The van der Waals surface area contributed by atoms with Gasteiger partial charge in [-0.05, 0) is 87.6 Å². The van der Waals surface area contributed by atoms with Crippen molar-refractivity contribution in [2.75, 3.05) is 19.8 Å². The molecule has 2 aromatic rings. The van der Waals surface area contributed by atoms with Crippen LogP contribution < -0.4 is 9.47 Å². The quantitative estimate of drug-likeness (QED) is 0.0597. The summed E-state index contributed by atoms with van der Waals surface area (Å²) in [7, 11) is 0. The molecule has 0 heterocycles. The minimum absolute atomic E-state index is 0.316. The van der Waals surface area contributed by atoms with Gasteiger partial charge in [0.25, 0.3) is 0 Å². The SMILES string of the molecule is C=C(C)C(=O)OCCCCCCOc1ccc(N=Nc2ccc(OCCCCCCCCCCCC)cc2)cc1. The maximum Gasteiger partial charge on any atom is 0.333 e. The number of carbonyl (C=O) groups excluding carboxylic acids is 1. The average molecular weight is 551 g/mol. The monoisotopic (exact) mass is 550 g/mol. The van der Waals surface area contributed by atoms with Gasteiger partial charge in [-0.25, -0.2) is 4.79 Å². The summed E-state index contributed by atoms with van der Waals surface area (Å²) < 4.78 is 16.8. The molecule has 0 saturated carbocycles. The third-order valence-electron chi connectivity index (χ3n) is 6.61. The zero-order valence-electron chi connectivity index (χ0n) is 24.9. The first-order valence-corrected chi connectivity index (χ1v) is 15.3. The van der Waals surface area contributed by atoms with Crippen LogP contribution in [-0.4, -0.2) is 25.8 Å². The molecule has 2 aromatic carbocycles. The van der Waals surface area contributed by atoms with Crippen LogP contribution in [-0.2, 0) is 9.53 Å². The Morgan fingerprint density at radius 3 is 1.38 bits per heavy atom. The number of ether oxygens (including phenoxy) is 3. The summed E-state index contributed by atoms with van der Waals surface area (Å²) in [6.07, 6.45) is 17.1. The first-order valence-electron chi connectivity index (χ1n) is 15.3. The standard InChI is InChI=1S/C34H50N2O4/c1-4-5-6-7-8-9-10-11-12-15-26-38-32-22-18-30(19-23-32)35-36-31-20-24-33(25-21-31)39-27-16-13-14-17-28-40-34(37)29(2)3/h18-25H,2,4-17,26-28H2,1,3H3. The summed E-state index contributed by atoms with van der Waals surface area (Å²) >= 11 is 0. The van der Waals surface area contributed by atoms with E-state index in [1.807, 2.05) is 48.5 Å². The highest BCUT2D eigenvalue weighted by molar-refractivity contribution is 5.86. The lowest BCUT2D eigenvalue weighted by atomic mass is 10.1. The molecular formula is C34H50N2O4. The van der Waals surface area contributed by atoms with E-state index in [4.69, 9.17) is 14.2 Å². The van der Waals surface area contributed by atoms with Gasteiger partial charge in [-0.1, -0.05) is 71.3 Å². The van der Waals surface area contributed by atoms with E-state index in [9.17, 15) is 4.79 Å². The molecular weight excluding hydrogens is 500 g/mol. The normalized spacial score (nSPS) is 11.1. The molecule has 0 saturated heterocycles. The van der Waals surface area contributed by atoms with Crippen LogP contribution in [0, 0.1) is 0 Å². The van der Waals surface area contributed by atoms with Crippen molar-refractivity contribution in [2.45, 2.75) is 104 Å². The van der Waals surface area contributed by atoms with Crippen LogP contribution in [0.1, 0.15) is 104 Å². The largest absolute Gasteiger partial charge is 0.494 e. The lowest BCUT2D eigenvalue weighted by Gasteiger charge is -2.07. The average Bonchev–Trinajstić information content (AvgIpc) is 2.97. The lowest BCUT2D eigenvalue weighted by Crippen LogP contribution is -2.06. The summed E-state index contributed by atoms with van der Waals surface area (Å²) in [6, 6.07) is 15.4. The Balaban J connectivity index is 1.53. The Hall–Kier alpha value is -3.15. The molecule has 40 heavy (non-hydrogen) atoms. The van der Waals surface area contributed by atoms with Gasteiger partial charge in [-0.15, -0.1) is 0 Å². The minimum Gasteiger partial charge on any atom is -0.494 e. The molecule has 0 aromatic heterocycles. The molecule has 6 heteroatoms. The van der Waals surface area contributed by atoms with E-state index >= 15 is 0 Å². The molecule has 0 bridgehead atoms. The zero-order chi connectivity index (χ0) is 28.7. The van der Waals surface area contributed by atoms with E-state index in [-0.39, 0.29) is 5.97 Å². The summed E-state index contributed by atoms with van der Waals surface area (Å²) in [4.78, 5) is 11.3. The second-order valence-corrected chi connectivity index (χ2v) is 10.4. The van der Waals surface area contributed by atoms with Crippen molar-refractivity contribution >= 4 is 17.3 Å². The molecule has 0 fully saturated rings. The maximum atomic E-state index is 11.3. The van der Waals surface area contributed by atoms with Crippen molar-refractivity contribution < 1.29 is 19.0 Å². The molecule has 220 valence electrons. The number of azo groups is 1. The smallest absolute Gasteiger partial charge is 0.333 e. The molecule has 0 atom stereocenters. The van der Waals surface area contributed by atoms with Crippen molar-refractivity contribution in [1.82, 2.24) is 0 Å². The predicted octanol–water partition coefficient (Wildman–Crippen LogP) is 10.5. The highest BCUT2D eigenvalue weighted by Crippen LogP contribution is 2.23. The van der Waals surface area contributed by atoms with Crippen LogP contribution >= 0.6 is 0 Å². The molecule has 0 aliphatic heterocycles. The highest BCUT2D eigenvalue weighted by atomic mass is 16.5. The molecule has 0 aliphatic carbocycles. The van der Waals surface area contributed by atoms with Gasteiger partial charge in [0.1, 0.15) is 11.5 Å². The van der Waals surface area contributed by atoms with Crippen LogP contribution in [0.3, 0.4) is 0 Å². The summed E-state index contributed by atoms with van der Waals surface area (Å²) in [6.45, 7) is 9.36. The first-order chi connectivity index (χ1) is 19.6. The summed E-state index contributed by atoms with van der Waals surface area (Å²) in [5.41, 5.74) is 2.01. The Kier molecular flexibility index (Phi) is 17.9. The molecule has 0 radical (unpaired) electrons. The fourth-order valence-corrected chi connectivity index (χ4v) is 4.15. The van der Waals surface area contributed by atoms with Crippen molar-refractivity contribution in [1.29, 1.82) is 0 Å². The Morgan fingerprint density at radius 1 is 0.600 bits per heavy atom. The second kappa shape index (κ2) is 21.6. The van der Waals surface area contributed by atoms with Gasteiger partial charge in [0.2, 0.25) is 0 Å². The van der Waals surface area contributed by atoms with Crippen molar-refractivity contribution in [3.8, 4) is 11.5 Å². The fourth-order valence-electron chi connectivity index (χ4n) is 4.15. The Morgan fingerprint density at radius 2 is 0.975 bits per heavy atom. The number of rotatable bonds is 23. The number of hydrogen-bond donors (Lipinski definition) is 0. The van der Waals surface area contributed by atoms with E-state index in [0.717, 1.165) is 61.6 Å². The third kappa shape index (κ3) is 16.1. The number of esters is 1. The van der Waals surface area contributed by atoms with Crippen LogP contribution in [0.25, 0.3) is 0 Å². The maximum absolute atomic E-state index is 11.3. The molecule has 0 spiro atoms. The molecule has 6 nitrogen and oxygen atoms in total. The third-order valence-corrected chi connectivity index (χ3v) is 6.61. The van der Waals surface area contributed by atoms with Gasteiger partial charge in [0.15, 0.2) is 0 Å². The number of nitrogens with zero attached hydrogens (tertiary/aromatic N) is 2. The summed E-state index contributed by atoms with van der Waals surface area (Å²) in [5, 5.41) is 8.66. The topological polar surface area (TPSA) is 69.5 Å². The van der Waals surface area contributed by atoms with Crippen LogP contribution in [0.15, 0.2) is 70.9 Å². The number of unbranched alkanes of at least 4 members (excludes halogenated alkanes) is 12. The van der Waals surface area contributed by atoms with Crippen molar-refractivity contribution in [3.05, 3.63) is 60.7 Å². The van der Waals surface area contributed by atoms with Gasteiger partial charge >= 0.3 is 5.97 Å². The Labute approximate surface area is 242 Å². The fraction of sp³-hybridized carbons (Fsp3) is 0.559. The lowest BCUT2D eigenvalue weighted by molar-refractivity contribution is -0.139. The number of hydrogen-bond acceptors (Lipinski definition) is 6. The van der Waals surface area contributed by atoms with E-state index < -0.39 is 0 Å². The van der Waals surface area contributed by atoms with Crippen LogP contribution in [0.5, 0.6) is 11.5 Å². The van der Waals surface area contributed by atoms with E-state index in [1.54, 1.807) is 6.92 Å². The van der Waals surface area contributed by atoms with Gasteiger partial charge in [-0.2, -0.15) is 10.2 Å². The van der Waals surface area contributed by atoms with Gasteiger partial charge < -0.3 is 14.2 Å². The predicted molar refractivity (Wildman–Crippen MR) is 164 cm³/mol. The molecule has 0 amide bonds. The van der Waals surface area contributed by atoms with Crippen LogP contribution in [0.4, 0.5) is 11.4 Å². The van der Waals surface area contributed by atoms with Gasteiger partial charge in [-0.3, -0.25) is 0 Å².